The van der Waals surface area contributed by atoms with E-state index in [1.54, 1.807) is 4.90 Å². The van der Waals surface area contributed by atoms with Crippen LogP contribution in [0.1, 0.15) is 35.2 Å². The first kappa shape index (κ1) is 36.3. The van der Waals surface area contributed by atoms with Gasteiger partial charge >= 0.3 is 6.03 Å². The van der Waals surface area contributed by atoms with Gasteiger partial charge in [-0.15, -0.1) is 0 Å². The average molecular weight is 766 g/mol. The highest BCUT2D eigenvalue weighted by atomic mass is 16.5. The number of carbonyl (C=O) groups is 3. The third-order valence-corrected chi connectivity index (χ3v) is 11.7. The summed E-state index contributed by atoms with van der Waals surface area (Å²) in [6.07, 6.45) is 3.40. The smallest absolute Gasteiger partial charge is 0.328 e. The van der Waals surface area contributed by atoms with Gasteiger partial charge in [0.05, 0.1) is 0 Å². The summed E-state index contributed by atoms with van der Waals surface area (Å²) in [6.45, 7) is 8.22. The van der Waals surface area contributed by atoms with Gasteiger partial charge in [-0.25, -0.2) is 9.48 Å². The van der Waals surface area contributed by atoms with Gasteiger partial charge < -0.3 is 25.6 Å². The van der Waals surface area contributed by atoms with Crippen molar-refractivity contribution in [3.63, 3.8) is 0 Å². The number of benzene rings is 4. The largest absolute Gasteiger partial charge is 0.457 e. The molecule has 0 atom stereocenters. The number of imide groups is 1. The third kappa shape index (κ3) is 7.75. The number of primary amides is 1. The molecule has 4 amide bonds. The van der Waals surface area contributed by atoms with Gasteiger partial charge in [-0.2, -0.15) is 5.10 Å². The van der Waals surface area contributed by atoms with Crippen molar-refractivity contribution in [3.8, 4) is 22.8 Å². The van der Waals surface area contributed by atoms with Crippen molar-refractivity contribution < 1.29 is 19.1 Å². The minimum Gasteiger partial charge on any atom is -0.457 e. The minimum absolute atomic E-state index is 0.219. The average Bonchev–Trinajstić information content (AvgIpc) is 3.50. The van der Waals surface area contributed by atoms with Crippen LogP contribution in [-0.4, -0.2) is 84.9 Å². The van der Waals surface area contributed by atoms with Gasteiger partial charge in [0, 0.05) is 93.6 Å². The molecule has 0 unspecified atom stereocenters. The summed E-state index contributed by atoms with van der Waals surface area (Å²) >= 11 is 0. The first-order valence-corrected chi connectivity index (χ1v) is 19.9. The molecule has 0 spiro atoms. The fraction of sp³-hybridized carbons (Fsp3) is 0.318. The normalized spacial score (nSPS) is 17.6. The number of aromatic nitrogens is 2. The van der Waals surface area contributed by atoms with E-state index in [4.69, 9.17) is 15.6 Å². The lowest BCUT2D eigenvalue weighted by atomic mass is 9.95. The second kappa shape index (κ2) is 15.7. The summed E-state index contributed by atoms with van der Waals surface area (Å²) in [7, 11) is 0. The van der Waals surface area contributed by atoms with Crippen LogP contribution in [0.5, 0.6) is 11.5 Å². The molecule has 1 aromatic heterocycles. The second-order valence-corrected chi connectivity index (χ2v) is 15.3. The van der Waals surface area contributed by atoms with Gasteiger partial charge in [0.15, 0.2) is 0 Å². The molecule has 3 fully saturated rings. The van der Waals surface area contributed by atoms with E-state index >= 15 is 0 Å². The highest BCUT2D eigenvalue weighted by Gasteiger charge is 2.29. The summed E-state index contributed by atoms with van der Waals surface area (Å²) < 4.78 is 7.82. The Morgan fingerprint density at radius 2 is 1.40 bits per heavy atom. The molecule has 5 heterocycles. The van der Waals surface area contributed by atoms with E-state index in [9.17, 15) is 14.4 Å². The molecule has 0 radical (unpaired) electrons. The van der Waals surface area contributed by atoms with E-state index in [1.165, 1.54) is 16.9 Å². The van der Waals surface area contributed by atoms with Crippen LogP contribution < -0.4 is 35.8 Å². The topological polar surface area (TPSA) is 141 Å². The zero-order valence-electron chi connectivity index (χ0n) is 31.9. The Balaban J connectivity index is 0.780. The second-order valence-electron chi connectivity index (χ2n) is 15.3. The maximum absolute atomic E-state index is 12.9. The van der Waals surface area contributed by atoms with Gasteiger partial charge in [-0.3, -0.25) is 24.7 Å². The van der Waals surface area contributed by atoms with E-state index in [2.05, 4.69) is 55.7 Å². The standard InChI is InChI=1S/C44H47N9O4/c45-42(55)40-41(31-6-13-37(14-7-31)57-36-4-2-1-3-5-36)48-53-23-18-32-28-35(12-15-38(32)46-43(40)53)51-26-24-49(25-27-51)29-30-16-20-50(21-17-30)33-8-10-34(11-9-33)52-22-19-39(54)47-44(52)56/h1-15,28,30,46H,16-27,29H2,(H2,45,55)(H,47,54,56). The summed E-state index contributed by atoms with van der Waals surface area (Å²) in [5, 5.41) is 10.8. The number of rotatable bonds is 9. The van der Waals surface area contributed by atoms with Crippen molar-refractivity contribution in [2.75, 3.05) is 72.4 Å². The molecule has 9 rings (SSSR count). The first-order valence-electron chi connectivity index (χ1n) is 19.9. The molecule has 5 aromatic rings. The number of piperidine rings is 1. The van der Waals surface area contributed by atoms with Gasteiger partial charge in [0.1, 0.15) is 28.6 Å². The lowest BCUT2D eigenvalue weighted by Crippen LogP contribution is -2.49. The molecule has 292 valence electrons. The summed E-state index contributed by atoms with van der Waals surface area (Å²) in [5.41, 5.74) is 13.1. The maximum Gasteiger partial charge on any atom is 0.328 e. The van der Waals surface area contributed by atoms with Crippen LogP contribution in [0.2, 0.25) is 0 Å². The molecule has 4 aromatic carbocycles. The molecular weight excluding hydrogens is 719 g/mol. The van der Waals surface area contributed by atoms with E-state index in [1.807, 2.05) is 71.4 Å². The minimum atomic E-state index is -0.524. The number of piperazine rings is 1. The predicted octanol–water partition coefficient (Wildman–Crippen LogP) is 6.23. The number of para-hydroxylation sites is 1. The third-order valence-electron chi connectivity index (χ3n) is 11.7. The molecule has 0 bridgehead atoms. The Bertz CT molecular complexity index is 2260. The maximum atomic E-state index is 12.9. The fourth-order valence-corrected chi connectivity index (χ4v) is 8.53. The SMILES string of the molecule is NC(=O)c1c(-c2ccc(Oc3ccccc3)cc2)nn2c1Nc1ccc(N3CCN(CC4CCN(c5ccc(N6CCC(=O)NC6=O)cc5)CC4)CC3)cc1CC2. The van der Waals surface area contributed by atoms with E-state index in [0.717, 1.165) is 87.8 Å². The fourth-order valence-electron chi connectivity index (χ4n) is 8.53. The molecule has 4 aliphatic heterocycles. The number of ether oxygens (including phenoxy) is 1. The molecule has 4 aliphatic rings. The van der Waals surface area contributed by atoms with Crippen molar-refractivity contribution in [1.82, 2.24) is 20.0 Å². The van der Waals surface area contributed by atoms with Gasteiger partial charge in [0.25, 0.3) is 5.91 Å². The Kier molecular flexibility index (Phi) is 9.97. The number of amides is 4. The Morgan fingerprint density at radius 1 is 0.719 bits per heavy atom. The molecule has 4 N–H and O–H groups in total. The zero-order chi connectivity index (χ0) is 38.9. The molecule has 0 aliphatic carbocycles. The van der Waals surface area contributed by atoms with Gasteiger partial charge in [-0.1, -0.05) is 18.2 Å². The number of urea groups is 1. The molecular formula is C44H47N9O4. The van der Waals surface area contributed by atoms with Crippen molar-refractivity contribution in [2.45, 2.75) is 32.2 Å². The lowest BCUT2D eigenvalue weighted by Gasteiger charge is -2.40. The van der Waals surface area contributed by atoms with Crippen molar-refractivity contribution in [1.29, 1.82) is 0 Å². The number of nitrogens with two attached hydrogens (primary N) is 1. The van der Waals surface area contributed by atoms with Crippen LogP contribution in [0.15, 0.2) is 97.1 Å². The van der Waals surface area contributed by atoms with Crippen LogP contribution in [0.3, 0.4) is 0 Å². The molecule has 13 heteroatoms. The Labute approximate surface area is 332 Å². The molecule has 3 saturated heterocycles. The first-order chi connectivity index (χ1) is 27.8. The van der Waals surface area contributed by atoms with Crippen molar-refractivity contribution in [2.24, 2.45) is 11.7 Å². The van der Waals surface area contributed by atoms with Crippen LogP contribution in [0, 0.1) is 5.92 Å². The predicted molar refractivity (Wildman–Crippen MR) is 222 cm³/mol. The van der Waals surface area contributed by atoms with Gasteiger partial charge in [0.2, 0.25) is 5.91 Å². The van der Waals surface area contributed by atoms with Crippen molar-refractivity contribution >= 4 is 46.4 Å². The summed E-state index contributed by atoms with van der Waals surface area (Å²) in [4.78, 5) is 45.8. The zero-order valence-corrected chi connectivity index (χ0v) is 31.9. The number of nitrogens with zero attached hydrogens (tertiary/aromatic N) is 6. The number of hydrogen-bond donors (Lipinski definition) is 3. The number of anilines is 5. The van der Waals surface area contributed by atoms with Gasteiger partial charge in [-0.05, 0) is 110 Å². The van der Waals surface area contributed by atoms with E-state index in [0.29, 0.717) is 48.3 Å². The number of carbonyl (C=O) groups excluding carboxylic acids is 3. The van der Waals surface area contributed by atoms with Crippen molar-refractivity contribution in [3.05, 3.63) is 108 Å². The number of aryl methyl sites for hydroxylation is 2. The molecule has 13 nitrogen and oxygen atoms in total. The Morgan fingerprint density at radius 3 is 2.12 bits per heavy atom. The highest BCUT2D eigenvalue weighted by Crippen LogP contribution is 2.37. The van der Waals surface area contributed by atoms with E-state index < -0.39 is 5.91 Å². The van der Waals surface area contributed by atoms with Crippen LogP contribution >= 0.6 is 0 Å². The van der Waals surface area contributed by atoms with E-state index in [-0.39, 0.29) is 11.9 Å². The summed E-state index contributed by atoms with van der Waals surface area (Å²) in [6, 6.07) is 31.5. The molecule has 0 saturated carbocycles. The Hall–Kier alpha value is -6.34. The summed E-state index contributed by atoms with van der Waals surface area (Å²) in [5.74, 6) is 2.00. The number of hydrogen-bond acceptors (Lipinski definition) is 9. The molecule has 57 heavy (non-hydrogen) atoms. The monoisotopic (exact) mass is 765 g/mol. The number of nitrogens with one attached hydrogen (secondary N) is 2. The van der Waals surface area contributed by atoms with Crippen LogP contribution in [0.25, 0.3) is 11.3 Å². The quantitative estimate of drug-likeness (QED) is 0.159. The van der Waals surface area contributed by atoms with Crippen LogP contribution in [-0.2, 0) is 17.8 Å². The van der Waals surface area contributed by atoms with Crippen LogP contribution in [0.4, 0.5) is 33.4 Å². The lowest BCUT2D eigenvalue weighted by molar-refractivity contribution is -0.120. The highest BCUT2D eigenvalue weighted by molar-refractivity contribution is 6.06. The number of fused-ring (bicyclic) bond motifs is 2.